The molecule has 3 aromatic rings. The number of rotatable bonds is 3. The van der Waals surface area contributed by atoms with E-state index in [-0.39, 0.29) is 29.5 Å². The van der Waals surface area contributed by atoms with Crippen LogP contribution in [0, 0.1) is 0 Å². The minimum atomic E-state index is -0.246. The third-order valence-corrected chi connectivity index (χ3v) is 6.65. The molecular formula is C24H27N4O3+. The van der Waals surface area contributed by atoms with Gasteiger partial charge in [-0.3, -0.25) is 9.59 Å². The maximum Gasteiger partial charge on any atom is 0.272 e. The largest absolute Gasteiger partial charge is 0.486 e. The first kappa shape index (κ1) is 19.8. The van der Waals surface area contributed by atoms with Crippen molar-refractivity contribution in [3.8, 4) is 5.75 Å². The summed E-state index contributed by atoms with van der Waals surface area (Å²) in [5, 5.41) is 11.1. The van der Waals surface area contributed by atoms with Crippen LogP contribution in [0.4, 0.5) is 0 Å². The molecular weight excluding hydrogens is 392 g/mol. The van der Waals surface area contributed by atoms with E-state index in [1.165, 1.54) is 4.90 Å². The number of nitrogens with one attached hydrogen (secondary N) is 3. The zero-order chi connectivity index (χ0) is 21.4. The predicted molar refractivity (Wildman–Crippen MR) is 117 cm³/mol. The molecule has 0 unspecified atom stereocenters. The lowest BCUT2D eigenvalue weighted by Gasteiger charge is -2.45. The summed E-state index contributed by atoms with van der Waals surface area (Å²) in [5.41, 5.74) is 1.12. The summed E-state index contributed by atoms with van der Waals surface area (Å²) in [6.07, 6.45) is 2.83. The van der Waals surface area contributed by atoms with Crippen molar-refractivity contribution in [2.75, 3.05) is 20.1 Å². The maximum absolute atomic E-state index is 13.1. The first-order valence-electron chi connectivity index (χ1n) is 10.9. The summed E-state index contributed by atoms with van der Waals surface area (Å²) < 4.78 is 6.49. The van der Waals surface area contributed by atoms with Crippen molar-refractivity contribution in [2.24, 2.45) is 0 Å². The Morgan fingerprint density at radius 3 is 2.68 bits per heavy atom. The number of quaternary nitrogens is 1. The second kappa shape index (κ2) is 7.81. The highest BCUT2D eigenvalue weighted by molar-refractivity contribution is 5.88. The fourth-order valence-corrected chi connectivity index (χ4v) is 4.89. The minimum Gasteiger partial charge on any atom is -0.486 e. The van der Waals surface area contributed by atoms with Gasteiger partial charge in [-0.2, -0.15) is 5.10 Å². The number of hydrogen-bond donors (Lipinski definition) is 3. The number of hydrogen-bond acceptors (Lipinski definition) is 4. The predicted octanol–water partition coefficient (Wildman–Crippen LogP) is 1.15. The first-order chi connectivity index (χ1) is 15.0. The summed E-state index contributed by atoms with van der Waals surface area (Å²) in [7, 11) is 2.21. The molecule has 2 aliphatic rings. The van der Waals surface area contributed by atoms with Crippen molar-refractivity contribution in [3.05, 3.63) is 70.1 Å². The molecule has 2 aromatic carbocycles. The van der Waals surface area contributed by atoms with E-state index in [1.54, 1.807) is 6.07 Å². The number of benzene rings is 2. The fraction of sp³-hybridized carbons (Fsp3) is 0.375. The lowest BCUT2D eigenvalue weighted by Crippen LogP contribution is -3.10. The van der Waals surface area contributed by atoms with Crippen molar-refractivity contribution in [1.29, 1.82) is 0 Å². The van der Waals surface area contributed by atoms with E-state index in [9.17, 15) is 9.59 Å². The van der Waals surface area contributed by atoms with E-state index in [0.717, 1.165) is 43.7 Å². The SMILES string of the molecule is C[NH+]1CCC2(CC1)C[C@H](NC(=O)Cc1n[nH]c(=O)c3ccccc13)c1ccccc1O2. The van der Waals surface area contributed by atoms with Gasteiger partial charge in [0.1, 0.15) is 11.4 Å². The maximum atomic E-state index is 13.1. The molecule has 5 rings (SSSR count). The van der Waals surface area contributed by atoms with Gasteiger partial charge in [0.25, 0.3) is 5.56 Å². The molecule has 0 aliphatic carbocycles. The molecule has 0 bridgehead atoms. The van der Waals surface area contributed by atoms with Crippen LogP contribution in [0.25, 0.3) is 10.8 Å². The standard InChI is InChI=1S/C24H26N4O3/c1-28-12-10-24(11-13-28)15-20(18-8-4-5-9-21(18)31-24)25-22(29)14-19-16-6-2-3-7-17(16)23(30)27-26-19/h2-9,20H,10-15H2,1H3,(H,25,29)(H,27,30)/p+1/t20-/m0/s1. The molecule has 1 amide bonds. The Balaban J connectivity index is 1.39. The van der Waals surface area contributed by atoms with E-state index < -0.39 is 0 Å². The van der Waals surface area contributed by atoms with Gasteiger partial charge in [-0.15, -0.1) is 0 Å². The molecule has 7 heteroatoms. The molecule has 1 spiro atoms. The van der Waals surface area contributed by atoms with Gasteiger partial charge in [0.05, 0.1) is 43.7 Å². The van der Waals surface area contributed by atoms with Crippen molar-refractivity contribution < 1.29 is 14.4 Å². The van der Waals surface area contributed by atoms with Crippen LogP contribution in [0.15, 0.2) is 53.3 Å². The number of amides is 1. The zero-order valence-corrected chi connectivity index (χ0v) is 17.6. The van der Waals surface area contributed by atoms with Gasteiger partial charge in [-0.1, -0.05) is 36.4 Å². The van der Waals surface area contributed by atoms with Crippen molar-refractivity contribution in [2.45, 2.75) is 37.3 Å². The Kier molecular flexibility index (Phi) is 4.98. The molecule has 1 saturated heterocycles. The number of H-pyrrole nitrogens is 1. The Morgan fingerprint density at radius 2 is 1.87 bits per heavy atom. The highest BCUT2D eigenvalue weighted by Crippen LogP contribution is 2.43. The van der Waals surface area contributed by atoms with Gasteiger partial charge in [-0.25, -0.2) is 5.10 Å². The van der Waals surface area contributed by atoms with Crippen LogP contribution in [-0.2, 0) is 11.2 Å². The van der Waals surface area contributed by atoms with Crippen molar-refractivity contribution in [3.63, 3.8) is 0 Å². The fourth-order valence-electron chi connectivity index (χ4n) is 4.89. The van der Waals surface area contributed by atoms with Crippen molar-refractivity contribution in [1.82, 2.24) is 15.5 Å². The molecule has 0 saturated carbocycles. The Labute approximate surface area is 180 Å². The van der Waals surface area contributed by atoms with Gasteiger partial charge >= 0.3 is 0 Å². The molecule has 2 aliphatic heterocycles. The molecule has 7 nitrogen and oxygen atoms in total. The number of para-hydroxylation sites is 1. The Hall–Kier alpha value is -3.19. The van der Waals surface area contributed by atoms with Gasteiger partial charge in [-0.05, 0) is 12.1 Å². The number of nitrogens with zero attached hydrogens (tertiary/aromatic N) is 1. The van der Waals surface area contributed by atoms with Crippen LogP contribution in [0.5, 0.6) is 5.75 Å². The van der Waals surface area contributed by atoms with E-state index in [4.69, 9.17) is 4.74 Å². The number of aromatic nitrogens is 2. The number of aromatic amines is 1. The van der Waals surface area contributed by atoms with E-state index >= 15 is 0 Å². The smallest absolute Gasteiger partial charge is 0.272 e. The summed E-state index contributed by atoms with van der Waals surface area (Å²) in [4.78, 5) is 26.6. The molecule has 1 aromatic heterocycles. The average molecular weight is 420 g/mol. The second-order valence-corrected chi connectivity index (χ2v) is 8.83. The monoisotopic (exact) mass is 419 g/mol. The number of carbonyl (C=O) groups is 1. The quantitative estimate of drug-likeness (QED) is 0.594. The number of ether oxygens (including phenoxy) is 1. The van der Waals surface area contributed by atoms with Crippen LogP contribution in [0.3, 0.4) is 0 Å². The normalized spacial score (nSPS) is 25.1. The van der Waals surface area contributed by atoms with Crippen LogP contribution in [-0.4, -0.2) is 41.8 Å². The van der Waals surface area contributed by atoms with Crippen molar-refractivity contribution >= 4 is 16.7 Å². The molecule has 31 heavy (non-hydrogen) atoms. The van der Waals surface area contributed by atoms with Crippen LogP contribution >= 0.6 is 0 Å². The van der Waals surface area contributed by atoms with Gasteiger partial charge in [0, 0.05) is 30.2 Å². The molecule has 1 fully saturated rings. The van der Waals surface area contributed by atoms with Gasteiger partial charge < -0.3 is 15.0 Å². The van der Waals surface area contributed by atoms with E-state index in [1.807, 2.05) is 42.5 Å². The van der Waals surface area contributed by atoms with E-state index in [0.29, 0.717) is 16.5 Å². The van der Waals surface area contributed by atoms with Crippen LogP contribution in [0.2, 0.25) is 0 Å². The topological polar surface area (TPSA) is 88.5 Å². The third kappa shape index (κ3) is 3.81. The minimum absolute atomic E-state index is 0.107. The second-order valence-electron chi connectivity index (χ2n) is 8.83. The zero-order valence-electron chi connectivity index (χ0n) is 17.6. The van der Waals surface area contributed by atoms with Crippen LogP contribution in [0.1, 0.15) is 36.6 Å². The molecule has 1 atom stereocenters. The van der Waals surface area contributed by atoms with Crippen LogP contribution < -0.4 is 20.5 Å². The number of carbonyl (C=O) groups excluding carboxylic acids is 1. The molecule has 160 valence electrons. The summed E-state index contributed by atoms with van der Waals surface area (Å²) in [6, 6.07) is 15.1. The van der Waals surface area contributed by atoms with Gasteiger partial charge in [0.2, 0.25) is 5.91 Å². The summed E-state index contributed by atoms with van der Waals surface area (Å²) in [6.45, 7) is 2.13. The summed E-state index contributed by atoms with van der Waals surface area (Å²) in [5.74, 6) is 0.756. The highest BCUT2D eigenvalue weighted by Gasteiger charge is 2.44. The number of piperidine rings is 1. The average Bonchev–Trinajstić information content (AvgIpc) is 2.78. The highest BCUT2D eigenvalue weighted by atomic mass is 16.5. The lowest BCUT2D eigenvalue weighted by molar-refractivity contribution is -0.887. The lowest BCUT2D eigenvalue weighted by atomic mass is 9.80. The third-order valence-electron chi connectivity index (χ3n) is 6.65. The molecule has 3 heterocycles. The first-order valence-corrected chi connectivity index (χ1v) is 10.9. The van der Waals surface area contributed by atoms with Gasteiger partial charge in [0.15, 0.2) is 0 Å². The Bertz CT molecular complexity index is 1180. The summed E-state index contributed by atoms with van der Waals surface area (Å²) >= 11 is 0. The molecule has 0 radical (unpaired) electrons. The number of likely N-dealkylation sites (tertiary alicyclic amines) is 1. The number of fused-ring (bicyclic) bond motifs is 2. The molecule has 3 N–H and O–H groups in total. The van der Waals surface area contributed by atoms with E-state index in [2.05, 4.69) is 22.6 Å². The Morgan fingerprint density at radius 1 is 1.16 bits per heavy atom.